The van der Waals surface area contributed by atoms with Crippen LogP contribution >= 0.6 is 0 Å². The van der Waals surface area contributed by atoms with Crippen molar-refractivity contribution >= 4 is 17.6 Å². The highest BCUT2D eigenvalue weighted by Gasteiger charge is 2.35. The number of amides is 1. The Labute approximate surface area is 158 Å². The number of anilines is 1. The van der Waals surface area contributed by atoms with Crippen LogP contribution in [0.3, 0.4) is 0 Å². The fraction of sp³-hybridized carbons (Fsp3) is 0.333. The van der Waals surface area contributed by atoms with Crippen LogP contribution in [0, 0.1) is 0 Å². The highest BCUT2D eigenvalue weighted by atomic mass is 16.6. The maximum absolute atomic E-state index is 13.0. The van der Waals surface area contributed by atoms with Crippen molar-refractivity contribution in [2.45, 2.75) is 32.4 Å². The highest BCUT2D eigenvalue weighted by molar-refractivity contribution is 6.01. The summed E-state index contributed by atoms with van der Waals surface area (Å²) in [5.74, 6) is -0.174. The Balaban J connectivity index is 1.79. The molecule has 2 aromatic rings. The number of benzene rings is 2. The van der Waals surface area contributed by atoms with Crippen molar-refractivity contribution in [3.05, 3.63) is 53.6 Å². The molecule has 27 heavy (non-hydrogen) atoms. The second kappa shape index (κ2) is 7.70. The zero-order valence-electron chi connectivity index (χ0n) is 15.9. The molecule has 3 rings (SSSR count). The Kier molecular flexibility index (Phi) is 5.35. The lowest BCUT2D eigenvalue weighted by Gasteiger charge is -2.26. The van der Waals surface area contributed by atoms with Gasteiger partial charge in [-0.3, -0.25) is 4.79 Å². The molecule has 0 unspecified atom stereocenters. The van der Waals surface area contributed by atoms with Crippen molar-refractivity contribution in [3.63, 3.8) is 0 Å². The van der Waals surface area contributed by atoms with E-state index in [4.69, 9.17) is 14.2 Å². The SMILES string of the molecule is COc1cccc(C(=O)O[C@H](C)C(=O)N2c3ccccc3C[C@@H]2C)c1OC. The minimum absolute atomic E-state index is 0.0161. The molecular weight excluding hydrogens is 346 g/mol. The van der Waals surface area contributed by atoms with Gasteiger partial charge in [0.1, 0.15) is 5.56 Å². The standard InChI is InChI=1S/C21H23NO5/c1-13-12-15-8-5-6-10-17(15)22(13)20(23)14(2)27-21(24)16-9-7-11-18(25-3)19(16)26-4/h5-11,13-14H,12H2,1-4H3/t13-,14+/m0/s1. The fourth-order valence-corrected chi connectivity index (χ4v) is 3.42. The van der Waals surface area contributed by atoms with Gasteiger partial charge in [-0.15, -0.1) is 0 Å². The fourth-order valence-electron chi connectivity index (χ4n) is 3.42. The minimum atomic E-state index is -0.929. The number of hydrogen-bond donors (Lipinski definition) is 0. The predicted octanol–water partition coefficient (Wildman–Crippen LogP) is 3.23. The van der Waals surface area contributed by atoms with Crippen LogP contribution in [-0.2, 0) is 16.0 Å². The third kappa shape index (κ3) is 3.47. The van der Waals surface area contributed by atoms with Crippen molar-refractivity contribution in [2.75, 3.05) is 19.1 Å². The molecule has 0 fully saturated rings. The van der Waals surface area contributed by atoms with Crippen molar-refractivity contribution < 1.29 is 23.8 Å². The molecule has 0 aromatic heterocycles. The van der Waals surface area contributed by atoms with E-state index < -0.39 is 12.1 Å². The molecule has 2 aromatic carbocycles. The summed E-state index contributed by atoms with van der Waals surface area (Å²) in [5, 5.41) is 0. The van der Waals surface area contributed by atoms with Crippen molar-refractivity contribution in [1.82, 2.24) is 0 Å². The first kappa shape index (κ1) is 18.8. The van der Waals surface area contributed by atoms with Gasteiger partial charge in [0, 0.05) is 11.7 Å². The van der Waals surface area contributed by atoms with Crippen molar-refractivity contribution in [1.29, 1.82) is 0 Å². The van der Waals surface area contributed by atoms with Gasteiger partial charge in [0.2, 0.25) is 0 Å². The van der Waals surface area contributed by atoms with E-state index in [1.165, 1.54) is 14.2 Å². The third-order valence-corrected chi connectivity index (χ3v) is 4.70. The number of rotatable bonds is 5. The summed E-state index contributed by atoms with van der Waals surface area (Å²) in [5.41, 5.74) is 2.20. The third-order valence-electron chi connectivity index (χ3n) is 4.70. The molecule has 1 heterocycles. The van der Waals surface area contributed by atoms with E-state index in [-0.39, 0.29) is 23.3 Å². The highest BCUT2D eigenvalue weighted by Crippen LogP contribution is 2.34. The minimum Gasteiger partial charge on any atom is -0.493 e. The van der Waals surface area contributed by atoms with Crippen LogP contribution in [0.5, 0.6) is 11.5 Å². The number of methoxy groups -OCH3 is 2. The summed E-state index contributed by atoms with van der Waals surface area (Å²) in [7, 11) is 2.94. The maximum Gasteiger partial charge on any atom is 0.342 e. The van der Waals surface area contributed by atoms with Crippen LogP contribution in [0.1, 0.15) is 29.8 Å². The molecule has 142 valence electrons. The molecule has 0 radical (unpaired) electrons. The van der Waals surface area contributed by atoms with Crippen LogP contribution in [-0.4, -0.2) is 38.2 Å². The average Bonchev–Trinajstić information content (AvgIpc) is 3.01. The van der Waals surface area contributed by atoms with E-state index in [1.54, 1.807) is 30.0 Å². The first-order valence-corrected chi connectivity index (χ1v) is 8.80. The van der Waals surface area contributed by atoms with Gasteiger partial charge in [0.05, 0.1) is 14.2 Å². The first-order valence-electron chi connectivity index (χ1n) is 8.80. The van der Waals surface area contributed by atoms with Crippen LogP contribution in [0.2, 0.25) is 0 Å². The second-order valence-corrected chi connectivity index (χ2v) is 6.48. The second-order valence-electron chi connectivity index (χ2n) is 6.48. The quantitative estimate of drug-likeness (QED) is 0.757. The summed E-state index contributed by atoms with van der Waals surface area (Å²) in [6.45, 7) is 3.57. The van der Waals surface area contributed by atoms with Gasteiger partial charge in [-0.05, 0) is 44.0 Å². The average molecular weight is 369 g/mol. The molecule has 0 saturated heterocycles. The molecule has 1 aliphatic rings. The number of carbonyl (C=O) groups is 2. The van der Waals surface area contributed by atoms with Gasteiger partial charge in [0.15, 0.2) is 17.6 Å². The lowest BCUT2D eigenvalue weighted by atomic mass is 10.1. The molecule has 0 N–H and O–H groups in total. The summed E-state index contributed by atoms with van der Waals surface area (Å²) in [4.78, 5) is 27.3. The lowest BCUT2D eigenvalue weighted by molar-refractivity contribution is -0.126. The molecule has 0 bridgehead atoms. The van der Waals surface area contributed by atoms with E-state index in [9.17, 15) is 9.59 Å². The Morgan fingerprint density at radius 2 is 1.81 bits per heavy atom. The molecule has 6 nitrogen and oxygen atoms in total. The van der Waals surface area contributed by atoms with Gasteiger partial charge >= 0.3 is 5.97 Å². The molecule has 1 aliphatic heterocycles. The number of nitrogens with zero attached hydrogens (tertiary/aromatic N) is 1. The number of esters is 1. The van der Waals surface area contributed by atoms with Crippen LogP contribution < -0.4 is 14.4 Å². The summed E-state index contributed by atoms with van der Waals surface area (Å²) in [6, 6.07) is 12.7. The molecule has 0 saturated carbocycles. The zero-order valence-corrected chi connectivity index (χ0v) is 15.9. The molecular formula is C21H23NO5. The van der Waals surface area contributed by atoms with E-state index in [0.29, 0.717) is 5.75 Å². The number of para-hydroxylation sites is 2. The summed E-state index contributed by atoms with van der Waals surface area (Å²) < 4.78 is 15.9. The van der Waals surface area contributed by atoms with Crippen molar-refractivity contribution in [2.24, 2.45) is 0 Å². The number of hydrogen-bond acceptors (Lipinski definition) is 5. The Hall–Kier alpha value is -3.02. The molecule has 2 atom stereocenters. The van der Waals surface area contributed by atoms with Gasteiger partial charge < -0.3 is 19.1 Å². The molecule has 6 heteroatoms. The van der Waals surface area contributed by atoms with E-state index in [0.717, 1.165) is 17.7 Å². The maximum atomic E-state index is 13.0. The van der Waals surface area contributed by atoms with E-state index in [2.05, 4.69) is 0 Å². The Morgan fingerprint density at radius 3 is 2.52 bits per heavy atom. The monoisotopic (exact) mass is 369 g/mol. The largest absolute Gasteiger partial charge is 0.493 e. The number of ether oxygens (including phenoxy) is 3. The topological polar surface area (TPSA) is 65.1 Å². The molecule has 0 spiro atoms. The predicted molar refractivity (Wildman–Crippen MR) is 102 cm³/mol. The molecule has 0 aliphatic carbocycles. The molecule has 1 amide bonds. The van der Waals surface area contributed by atoms with Gasteiger partial charge in [-0.25, -0.2) is 4.79 Å². The van der Waals surface area contributed by atoms with Gasteiger partial charge in [-0.2, -0.15) is 0 Å². The first-order chi connectivity index (χ1) is 13.0. The summed E-state index contributed by atoms with van der Waals surface area (Å²) >= 11 is 0. The van der Waals surface area contributed by atoms with Gasteiger partial charge in [-0.1, -0.05) is 24.3 Å². The van der Waals surface area contributed by atoms with E-state index >= 15 is 0 Å². The van der Waals surface area contributed by atoms with Crippen LogP contribution in [0.4, 0.5) is 5.69 Å². The number of fused-ring (bicyclic) bond motifs is 1. The van der Waals surface area contributed by atoms with E-state index in [1.807, 2.05) is 31.2 Å². The summed E-state index contributed by atoms with van der Waals surface area (Å²) in [6.07, 6.45) is -0.145. The lowest BCUT2D eigenvalue weighted by Crippen LogP contribution is -2.43. The van der Waals surface area contributed by atoms with Gasteiger partial charge in [0.25, 0.3) is 5.91 Å². The van der Waals surface area contributed by atoms with Crippen LogP contribution in [0.25, 0.3) is 0 Å². The Morgan fingerprint density at radius 1 is 1.07 bits per heavy atom. The normalized spacial score (nSPS) is 16.4. The zero-order chi connectivity index (χ0) is 19.6. The van der Waals surface area contributed by atoms with Crippen molar-refractivity contribution in [3.8, 4) is 11.5 Å². The van der Waals surface area contributed by atoms with Crippen LogP contribution in [0.15, 0.2) is 42.5 Å². The number of carbonyl (C=O) groups excluding carboxylic acids is 2. The Bertz CT molecular complexity index is 863. The smallest absolute Gasteiger partial charge is 0.342 e.